The van der Waals surface area contributed by atoms with Crippen molar-refractivity contribution in [2.24, 2.45) is 0 Å². The summed E-state index contributed by atoms with van der Waals surface area (Å²) in [5, 5.41) is 3.43. The lowest BCUT2D eigenvalue weighted by Gasteiger charge is -2.25. The molecule has 2 aliphatic heterocycles. The number of hydrogen-bond acceptors (Lipinski definition) is 7. The van der Waals surface area contributed by atoms with E-state index in [9.17, 15) is 0 Å². The Labute approximate surface area is 154 Å². The van der Waals surface area contributed by atoms with Gasteiger partial charge in [0.15, 0.2) is 0 Å². The van der Waals surface area contributed by atoms with E-state index < -0.39 is 0 Å². The van der Waals surface area contributed by atoms with Gasteiger partial charge in [-0.2, -0.15) is 4.98 Å². The molecule has 0 radical (unpaired) electrons. The number of fused-ring (bicyclic) bond motifs is 1. The van der Waals surface area contributed by atoms with Crippen LogP contribution in [-0.4, -0.2) is 42.7 Å². The van der Waals surface area contributed by atoms with Crippen molar-refractivity contribution in [3.63, 3.8) is 0 Å². The summed E-state index contributed by atoms with van der Waals surface area (Å²) in [4.78, 5) is 11.3. The van der Waals surface area contributed by atoms with Crippen molar-refractivity contribution >= 4 is 11.8 Å². The Kier molecular flexibility index (Phi) is 5.01. The maximum Gasteiger partial charge on any atom is 0.222 e. The molecule has 26 heavy (non-hydrogen) atoms. The maximum atomic E-state index is 5.98. The number of nitrogens with two attached hydrogens (primary N) is 1. The number of nitrogen functional groups attached to an aromatic ring is 1. The molecular weight excluding hydrogens is 326 g/mol. The Hall–Kier alpha value is -2.22. The molecule has 2 unspecified atom stereocenters. The molecule has 1 fully saturated rings. The SMILES string of the molecule is CN(CC1CC(c2ccccc2)NN1)c1nc(N)nc2c1CCNCC2. The molecule has 0 saturated carbocycles. The van der Waals surface area contributed by atoms with Gasteiger partial charge in [-0.25, -0.2) is 10.4 Å². The van der Waals surface area contributed by atoms with Crippen molar-refractivity contribution in [2.75, 3.05) is 37.3 Å². The second kappa shape index (κ2) is 7.57. The lowest BCUT2D eigenvalue weighted by Crippen LogP contribution is -2.39. The number of rotatable bonds is 4. The second-order valence-electron chi connectivity index (χ2n) is 7.15. The van der Waals surface area contributed by atoms with Crippen LogP contribution in [0.2, 0.25) is 0 Å². The van der Waals surface area contributed by atoms with E-state index in [-0.39, 0.29) is 0 Å². The molecule has 0 bridgehead atoms. The van der Waals surface area contributed by atoms with Gasteiger partial charge >= 0.3 is 0 Å². The molecule has 7 nitrogen and oxygen atoms in total. The third-order valence-electron chi connectivity index (χ3n) is 5.22. The number of anilines is 2. The molecule has 7 heteroatoms. The highest BCUT2D eigenvalue weighted by Gasteiger charge is 2.27. The molecule has 138 valence electrons. The fourth-order valence-corrected chi connectivity index (χ4v) is 3.92. The van der Waals surface area contributed by atoms with Crippen LogP contribution < -0.4 is 26.8 Å². The third-order valence-corrected chi connectivity index (χ3v) is 5.22. The van der Waals surface area contributed by atoms with E-state index in [1.54, 1.807) is 0 Å². The summed E-state index contributed by atoms with van der Waals surface area (Å²) < 4.78 is 0. The normalized spacial score (nSPS) is 22.7. The number of likely N-dealkylation sites (N-methyl/N-ethyl adjacent to an activating group) is 1. The van der Waals surface area contributed by atoms with Crippen LogP contribution in [0, 0.1) is 0 Å². The Morgan fingerprint density at radius 3 is 2.77 bits per heavy atom. The summed E-state index contributed by atoms with van der Waals surface area (Å²) in [6.07, 6.45) is 2.89. The zero-order valence-corrected chi connectivity index (χ0v) is 15.2. The first-order valence-corrected chi connectivity index (χ1v) is 9.34. The molecule has 2 aliphatic rings. The molecule has 2 atom stereocenters. The number of hydrogen-bond donors (Lipinski definition) is 4. The van der Waals surface area contributed by atoms with E-state index in [4.69, 9.17) is 5.73 Å². The summed E-state index contributed by atoms with van der Waals surface area (Å²) in [6, 6.07) is 11.3. The van der Waals surface area contributed by atoms with Gasteiger partial charge in [-0.1, -0.05) is 30.3 Å². The monoisotopic (exact) mass is 353 g/mol. The second-order valence-corrected chi connectivity index (χ2v) is 7.15. The summed E-state index contributed by atoms with van der Waals surface area (Å²) >= 11 is 0. The predicted octanol–water partition coefficient (Wildman–Crippen LogP) is 0.791. The Balaban J connectivity index is 1.47. The van der Waals surface area contributed by atoms with Crippen LogP contribution in [0.25, 0.3) is 0 Å². The fourth-order valence-electron chi connectivity index (χ4n) is 3.92. The molecular formula is C19H27N7. The zero-order valence-electron chi connectivity index (χ0n) is 15.2. The summed E-state index contributed by atoms with van der Waals surface area (Å²) in [7, 11) is 2.10. The minimum absolute atomic E-state index is 0.339. The molecule has 3 heterocycles. The van der Waals surface area contributed by atoms with Crippen LogP contribution in [0.15, 0.2) is 30.3 Å². The summed E-state index contributed by atoms with van der Waals surface area (Å²) in [6.45, 7) is 2.77. The van der Waals surface area contributed by atoms with Gasteiger partial charge in [-0.05, 0) is 24.9 Å². The average molecular weight is 353 g/mol. The van der Waals surface area contributed by atoms with Gasteiger partial charge in [0.25, 0.3) is 0 Å². The highest BCUT2D eigenvalue weighted by Crippen LogP contribution is 2.26. The van der Waals surface area contributed by atoms with Crippen molar-refractivity contribution in [2.45, 2.75) is 31.3 Å². The quantitative estimate of drug-likeness (QED) is 0.646. The summed E-state index contributed by atoms with van der Waals surface area (Å²) in [5.74, 6) is 1.34. The van der Waals surface area contributed by atoms with Crippen LogP contribution in [0.5, 0.6) is 0 Å². The zero-order chi connectivity index (χ0) is 17.9. The number of benzene rings is 1. The first kappa shape index (κ1) is 17.2. The number of nitrogens with zero attached hydrogens (tertiary/aromatic N) is 3. The summed E-state index contributed by atoms with van der Waals surface area (Å²) in [5.41, 5.74) is 16.5. The van der Waals surface area contributed by atoms with Gasteiger partial charge in [0.05, 0.1) is 5.69 Å². The van der Waals surface area contributed by atoms with E-state index in [2.05, 4.69) is 68.4 Å². The van der Waals surface area contributed by atoms with E-state index >= 15 is 0 Å². The van der Waals surface area contributed by atoms with E-state index in [1.165, 1.54) is 11.1 Å². The smallest absolute Gasteiger partial charge is 0.222 e. The van der Waals surface area contributed by atoms with Crippen LogP contribution in [0.1, 0.15) is 29.3 Å². The number of nitrogens with one attached hydrogen (secondary N) is 3. The van der Waals surface area contributed by atoms with Crippen molar-refractivity contribution in [1.82, 2.24) is 26.1 Å². The van der Waals surface area contributed by atoms with Gasteiger partial charge in [-0.15, -0.1) is 0 Å². The molecule has 4 rings (SSSR count). The maximum absolute atomic E-state index is 5.98. The van der Waals surface area contributed by atoms with Crippen LogP contribution in [0.4, 0.5) is 11.8 Å². The highest BCUT2D eigenvalue weighted by atomic mass is 15.4. The van der Waals surface area contributed by atoms with Gasteiger partial charge < -0.3 is 16.0 Å². The molecule has 0 aliphatic carbocycles. The van der Waals surface area contributed by atoms with Crippen LogP contribution in [0.3, 0.4) is 0 Å². The molecule has 1 saturated heterocycles. The first-order valence-electron chi connectivity index (χ1n) is 9.34. The molecule has 0 spiro atoms. The molecule has 2 aromatic rings. The minimum Gasteiger partial charge on any atom is -0.368 e. The van der Waals surface area contributed by atoms with Gasteiger partial charge in [0.1, 0.15) is 5.82 Å². The van der Waals surface area contributed by atoms with Gasteiger partial charge in [-0.3, -0.25) is 5.43 Å². The lowest BCUT2D eigenvalue weighted by molar-refractivity contribution is 0.539. The fraction of sp³-hybridized carbons (Fsp3) is 0.474. The molecule has 1 aromatic carbocycles. The van der Waals surface area contributed by atoms with Crippen molar-refractivity contribution in [3.05, 3.63) is 47.2 Å². The van der Waals surface area contributed by atoms with Crippen LogP contribution in [-0.2, 0) is 12.8 Å². The largest absolute Gasteiger partial charge is 0.368 e. The van der Waals surface area contributed by atoms with Gasteiger partial charge in [0, 0.05) is 44.2 Å². The standard InChI is InChI=1S/C19H27N7/c1-26(12-14-11-17(25-24-14)13-5-3-2-4-6-13)18-15-7-9-21-10-8-16(15)22-19(20)23-18/h2-6,14,17,21,24-25H,7-12H2,1H3,(H2,20,22,23). The van der Waals surface area contributed by atoms with E-state index in [0.29, 0.717) is 18.0 Å². The van der Waals surface area contributed by atoms with E-state index in [1.807, 2.05) is 0 Å². The molecule has 0 amide bonds. The van der Waals surface area contributed by atoms with Crippen LogP contribution >= 0.6 is 0 Å². The topological polar surface area (TPSA) is 91.1 Å². The Morgan fingerprint density at radius 2 is 1.92 bits per heavy atom. The average Bonchev–Trinajstić information content (AvgIpc) is 2.99. The predicted molar refractivity (Wildman–Crippen MR) is 104 cm³/mol. The Morgan fingerprint density at radius 1 is 1.12 bits per heavy atom. The third kappa shape index (κ3) is 3.65. The highest BCUT2D eigenvalue weighted by molar-refractivity contribution is 5.52. The first-order chi connectivity index (χ1) is 12.7. The van der Waals surface area contributed by atoms with Crippen molar-refractivity contribution in [3.8, 4) is 0 Å². The van der Waals surface area contributed by atoms with Crippen molar-refractivity contribution < 1.29 is 0 Å². The van der Waals surface area contributed by atoms with Crippen molar-refractivity contribution in [1.29, 1.82) is 0 Å². The van der Waals surface area contributed by atoms with Gasteiger partial charge in [0.2, 0.25) is 5.95 Å². The minimum atomic E-state index is 0.339. The molecule has 5 N–H and O–H groups in total. The number of hydrazine groups is 1. The molecule has 1 aromatic heterocycles. The lowest BCUT2D eigenvalue weighted by atomic mass is 10.0. The van der Waals surface area contributed by atoms with E-state index in [0.717, 1.165) is 50.4 Å². The number of aromatic nitrogens is 2. The Bertz CT molecular complexity index is 749.